The average Bonchev–Trinajstić information content (AvgIpc) is 2.85. The minimum absolute atomic E-state index is 0.0466. The number of halogens is 1. The van der Waals surface area contributed by atoms with Crippen molar-refractivity contribution >= 4 is 49.5 Å². The molecule has 0 spiro atoms. The van der Waals surface area contributed by atoms with E-state index < -0.39 is 39.8 Å². The molecule has 0 radical (unpaired) electrons. The molecule has 2 atom stereocenters. The number of primary amides is 1. The zero-order valence-corrected chi connectivity index (χ0v) is 22.7. The number of amidine groups is 1. The maximum absolute atomic E-state index is 13.2. The van der Waals surface area contributed by atoms with Gasteiger partial charge in [0.15, 0.2) is 0 Å². The van der Waals surface area contributed by atoms with E-state index in [9.17, 15) is 22.8 Å². The number of hydrogen-bond acceptors (Lipinski definition) is 6. The molecule has 0 fully saturated rings. The van der Waals surface area contributed by atoms with E-state index in [4.69, 9.17) is 16.9 Å². The molecule has 3 amide bonds. The van der Waals surface area contributed by atoms with Crippen LogP contribution in [0, 0.1) is 5.41 Å². The molecule has 11 nitrogen and oxygen atoms in total. The lowest BCUT2D eigenvalue weighted by molar-refractivity contribution is -0.130. The summed E-state index contributed by atoms with van der Waals surface area (Å²) in [6.07, 6.45) is -0.184. The number of nitrogens with one attached hydrogen (secondary N) is 4. The standard InChI is InChI=1S/C24H31BrN6O5S/c1-2-37(35,36)31-20(13-15-5-9-18(25)10-6-15)24(34)30-19(11-12-21(26)32)23(33)29-14-16-3-7-17(8-4-16)22(27)28/h3-10,19-20,31H,2,11-14H2,1H3,(H2,26,32)(H3,27,28)(H,29,33)(H,30,34). The Kier molecular flexibility index (Phi) is 11.2. The number of carbonyl (C=O) groups excluding carboxylic acids is 3. The summed E-state index contributed by atoms with van der Waals surface area (Å²) >= 11 is 3.33. The van der Waals surface area contributed by atoms with Gasteiger partial charge in [-0.05, 0) is 43.0 Å². The van der Waals surface area contributed by atoms with Gasteiger partial charge in [0.2, 0.25) is 27.7 Å². The van der Waals surface area contributed by atoms with Gasteiger partial charge in [-0.25, -0.2) is 13.1 Å². The van der Waals surface area contributed by atoms with Gasteiger partial charge < -0.3 is 22.1 Å². The molecule has 0 saturated heterocycles. The Balaban J connectivity index is 2.17. The number of hydrogen-bond donors (Lipinski definition) is 6. The molecule has 2 unspecified atom stereocenters. The van der Waals surface area contributed by atoms with E-state index >= 15 is 0 Å². The Morgan fingerprint density at radius 1 is 0.946 bits per heavy atom. The van der Waals surface area contributed by atoms with E-state index in [1.54, 1.807) is 48.5 Å². The van der Waals surface area contributed by atoms with E-state index in [0.717, 1.165) is 10.0 Å². The lowest BCUT2D eigenvalue weighted by Crippen LogP contribution is -2.54. The van der Waals surface area contributed by atoms with Gasteiger partial charge in [-0.1, -0.05) is 52.3 Å². The molecule has 2 aromatic carbocycles. The lowest BCUT2D eigenvalue weighted by atomic mass is 10.0. The highest BCUT2D eigenvalue weighted by Crippen LogP contribution is 2.13. The van der Waals surface area contributed by atoms with Gasteiger partial charge in [0.1, 0.15) is 17.9 Å². The van der Waals surface area contributed by atoms with Crippen LogP contribution in [-0.2, 0) is 37.4 Å². The first-order valence-corrected chi connectivity index (χ1v) is 13.9. The number of rotatable bonds is 14. The Labute approximate surface area is 224 Å². The highest BCUT2D eigenvalue weighted by atomic mass is 79.9. The molecule has 2 rings (SSSR count). The number of carbonyl (C=O) groups is 3. The largest absolute Gasteiger partial charge is 0.384 e. The molecule has 2 aromatic rings. The second-order valence-electron chi connectivity index (χ2n) is 8.30. The monoisotopic (exact) mass is 594 g/mol. The molecule has 200 valence electrons. The summed E-state index contributed by atoms with van der Waals surface area (Å²) in [5.41, 5.74) is 12.7. The first kappa shape index (κ1) is 29.9. The van der Waals surface area contributed by atoms with Crippen molar-refractivity contribution < 1.29 is 22.8 Å². The quantitative estimate of drug-likeness (QED) is 0.137. The van der Waals surface area contributed by atoms with Gasteiger partial charge in [-0.3, -0.25) is 19.8 Å². The molecule has 0 bridgehead atoms. The number of nitrogens with two attached hydrogens (primary N) is 2. The fourth-order valence-corrected chi connectivity index (χ4v) is 4.34. The van der Waals surface area contributed by atoms with Crippen molar-refractivity contribution in [1.82, 2.24) is 15.4 Å². The van der Waals surface area contributed by atoms with E-state index in [-0.39, 0.29) is 37.4 Å². The smallest absolute Gasteiger partial charge is 0.242 e. The summed E-state index contributed by atoms with van der Waals surface area (Å²) in [6.45, 7) is 1.56. The van der Waals surface area contributed by atoms with Crippen LogP contribution in [0.5, 0.6) is 0 Å². The van der Waals surface area contributed by atoms with Crippen molar-refractivity contribution in [2.45, 2.75) is 44.8 Å². The minimum Gasteiger partial charge on any atom is -0.384 e. The number of amides is 3. The number of nitrogen functional groups attached to an aromatic ring is 1. The number of sulfonamides is 1. The van der Waals surface area contributed by atoms with Crippen LogP contribution in [0.3, 0.4) is 0 Å². The van der Waals surface area contributed by atoms with Crippen molar-refractivity contribution in [2.24, 2.45) is 11.5 Å². The third-order valence-corrected chi connectivity index (χ3v) is 7.35. The second kappa shape index (κ2) is 13.9. The molecule has 13 heteroatoms. The highest BCUT2D eigenvalue weighted by molar-refractivity contribution is 9.10. The minimum atomic E-state index is -3.75. The Bertz CT molecular complexity index is 1220. The van der Waals surface area contributed by atoms with Crippen molar-refractivity contribution in [3.8, 4) is 0 Å². The van der Waals surface area contributed by atoms with Crippen molar-refractivity contribution in [3.05, 3.63) is 69.7 Å². The topological polar surface area (TPSA) is 197 Å². The first-order valence-electron chi connectivity index (χ1n) is 11.4. The van der Waals surface area contributed by atoms with E-state index in [0.29, 0.717) is 11.1 Å². The summed E-state index contributed by atoms with van der Waals surface area (Å²) in [5.74, 6) is -2.24. The van der Waals surface area contributed by atoms with Crippen molar-refractivity contribution in [1.29, 1.82) is 5.41 Å². The highest BCUT2D eigenvalue weighted by Gasteiger charge is 2.28. The normalized spacial score (nSPS) is 12.8. The Morgan fingerprint density at radius 2 is 1.54 bits per heavy atom. The van der Waals surface area contributed by atoms with Crippen LogP contribution in [0.15, 0.2) is 53.0 Å². The summed E-state index contributed by atoms with van der Waals surface area (Å²) in [5, 5.41) is 12.7. The molecule has 0 aliphatic rings. The van der Waals surface area contributed by atoms with Gasteiger partial charge in [0.05, 0.1) is 5.75 Å². The molecule has 8 N–H and O–H groups in total. The van der Waals surface area contributed by atoms with E-state index in [1.165, 1.54) is 6.92 Å². The van der Waals surface area contributed by atoms with Crippen LogP contribution >= 0.6 is 15.9 Å². The molecule has 0 aromatic heterocycles. The first-order chi connectivity index (χ1) is 17.4. The average molecular weight is 596 g/mol. The summed E-state index contributed by atoms with van der Waals surface area (Å²) in [6, 6.07) is 11.4. The van der Waals surface area contributed by atoms with Crippen LogP contribution in [0.25, 0.3) is 0 Å². The van der Waals surface area contributed by atoms with Crippen LogP contribution in [0.4, 0.5) is 0 Å². The fourth-order valence-electron chi connectivity index (χ4n) is 3.29. The van der Waals surface area contributed by atoms with Crippen molar-refractivity contribution in [2.75, 3.05) is 5.75 Å². The molecular formula is C24H31BrN6O5S. The SMILES string of the molecule is CCS(=O)(=O)NC(Cc1ccc(Br)cc1)C(=O)NC(CCC(N)=O)C(=O)NCc1ccc(C(=N)N)cc1. The lowest BCUT2D eigenvalue weighted by Gasteiger charge is -2.23. The molecule has 0 heterocycles. The fraction of sp³-hybridized carbons (Fsp3) is 0.333. The summed E-state index contributed by atoms with van der Waals surface area (Å²) < 4.78 is 27.7. The van der Waals surface area contributed by atoms with Gasteiger partial charge in [0.25, 0.3) is 0 Å². The van der Waals surface area contributed by atoms with Crippen LogP contribution in [-0.4, -0.2) is 49.8 Å². The van der Waals surface area contributed by atoms with Gasteiger partial charge in [-0.15, -0.1) is 0 Å². The van der Waals surface area contributed by atoms with E-state index in [1.807, 2.05) is 0 Å². The predicted octanol–water partition coefficient (Wildman–Crippen LogP) is 0.650. The maximum Gasteiger partial charge on any atom is 0.242 e. The maximum atomic E-state index is 13.2. The molecule has 37 heavy (non-hydrogen) atoms. The van der Waals surface area contributed by atoms with Crippen molar-refractivity contribution in [3.63, 3.8) is 0 Å². The zero-order valence-electron chi connectivity index (χ0n) is 20.3. The third-order valence-electron chi connectivity index (χ3n) is 5.42. The summed E-state index contributed by atoms with van der Waals surface area (Å²) in [4.78, 5) is 37.5. The Morgan fingerprint density at radius 3 is 2.08 bits per heavy atom. The molecule has 0 saturated carbocycles. The van der Waals surface area contributed by atoms with Crippen LogP contribution in [0.1, 0.15) is 36.5 Å². The third kappa shape index (κ3) is 10.3. The molecule has 0 aliphatic heterocycles. The predicted molar refractivity (Wildman–Crippen MR) is 144 cm³/mol. The van der Waals surface area contributed by atoms with Crippen LogP contribution < -0.4 is 26.8 Å². The summed E-state index contributed by atoms with van der Waals surface area (Å²) in [7, 11) is -3.75. The van der Waals surface area contributed by atoms with Gasteiger partial charge in [-0.2, -0.15) is 0 Å². The molecular weight excluding hydrogens is 564 g/mol. The van der Waals surface area contributed by atoms with Gasteiger partial charge >= 0.3 is 0 Å². The Hall–Kier alpha value is -3.29. The van der Waals surface area contributed by atoms with Crippen LogP contribution in [0.2, 0.25) is 0 Å². The second-order valence-corrected chi connectivity index (χ2v) is 11.3. The van der Waals surface area contributed by atoms with E-state index in [2.05, 4.69) is 31.3 Å². The number of benzene rings is 2. The van der Waals surface area contributed by atoms with Gasteiger partial charge in [0, 0.05) is 23.0 Å². The zero-order chi connectivity index (χ0) is 27.6. The molecule has 0 aliphatic carbocycles.